The van der Waals surface area contributed by atoms with Gasteiger partial charge in [0.2, 0.25) is 0 Å². The fourth-order valence-corrected chi connectivity index (χ4v) is 3.46. The molecule has 2 aromatic heterocycles. The van der Waals surface area contributed by atoms with Crippen molar-refractivity contribution < 1.29 is 14.7 Å². The Balaban J connectivity index is 1.77. The second-order valence-corrected chi connectivity index (χ2v) is 7.66. The lowest BCUT2D eigenvalue weighted by molar-refractivity contribution is 0.0696. The van der Waals surface area contributed by atoms with Crippen LogP contribution in [0, 0.1) is 20.8 Å². The van der Waals surface area contributed by atoms with Crippen molar-refractivity contribution in [3.8, 4) is 0 Å². The molecule has 8 heteroatoms. The molecule has 0 aliphatic rings. The molecular weight excluding hydrogens is 394 g/mol. The van der Waals surface area contributed by atoms with Gasteiger partial charge in [0.25, 0.3) is 5.91 Å². The first-order valence-electron chi connectivity index (χ1n) is 9.99. The molecule has 0 aliphatic carbocycles. The number of likely N-dealkylation sites (N-methyl/N-ethyl adjacent to an activating group) is 1. The molecule has 2 heterocycles. The number of nitrogens with zero attached hydrogens (tertiary/aromatic N) is 4. The van der Waals surface area contributed by atoms with E-state index < -0.39 is 5.97 Å². The summed E-state index contributed by atoms with van der Waals surface area (Å²) >= 11 is 0. The summed E-state index contributed by atoms with van der Waals surface area (Å²) in [5, 5.41) is 16.8. The Bertz CT molecular complexity index is 1120. The van der Waals surface area contributed by atoms with Crippen molar-refractivity contribution in [1.82, 2.24) is 14.8 Å². The van der Waals surface area contributed by atoms with Gasteiger partial charge in [0, 0.05) is 31.9 Å². The normalized spacial score (nSPS) is 10.7. The first-order valence-corrected chi connectivity index (χ1v) is 9.99. The van der Waals surface area contributed by atoms with Crippen LogP contribution in [0.2, 0.25) is 0 Å². The Morgan fingerprint density at radius 3 is 2.42 bits per heavy atom. The van der Waals surface area contributed by atoms with E-state index >= 15 is 0 Å². The molecule has 0 bridgehead atoms. The summed E-state index contributed by atoms with van der Waals surface area (Å²) in [7, 11) is 3.71. The van der Waals surface area contributed by atoms with Gasteiger partial charge in [-0.15, -0.1) is 0 Å². The number of aromatic carboxylic acids is 1. The van der Waals surface area contributed by atoms with E-state index in [9.17, 15) is 14.7 Å². The molecule has 8 nitrogen and oxygen atoms in total. The average molecular weight is 422 g/mol. The van der Waals surface area contributed by atoms with E-state index in [1.54, 1.807) is 24.1 Å². The van der Waals surface area contributed by atoms with Crippen LogP contribution in [0.1, 0.15) is 43.2 Å². The van der Waals surface area contributed by atoms with Gasteiger partial charge in [-0.3, -0.25) is 9.48 Å². The van der Waals surface area contributed by atoms with Crippen molar-refractivity contribution in [2.24, 2.45) is 7.05 Å². The number of amides is 1. The van der Waals surface area contributed by atoms with Crippen molar-refractivity contribution >= 4 is 23.4 Å². The minimum Gasteiger partial charge on any atom is -0.478 e. The van der Waals surface area contributed by atoms with Gasteiger partial charge < -0.3 is 15.3 Å². The summed E-state index contributed by atoms with van der Waals surface area (Å²) < 4.78 is 1.84. The molecule has 3 aromatic rings. The lowest BCUT2D eigenvalue weighted by Gasteiger charge is -2.20. The first-order chi connectivity index (χ1) is 14.7. The van der Waals surface area contributed by atoms with Crippen LogP contribution in [-0.4, -0.2) is 45.3 Å². The maximum Gasteiger partial charge on any atom is 0.339 e. The van der Waals surface area contributed by atoms with Gasteiger partial charge in [-0.1, -0.05) is 17.7 Å². The van der Waals surface area contributed by atoms with Crippen molar-refractivity contribution in [3.63, 3.8) is 0 Å². The fraction of sp³-hybridized carbons (Fsp3) is 0.304. The molecule has 31 heavy (non-hydrogen) atoms. The van der Waals surface area contributed by atoms with Crippen LogP contribution < -0.4 is 10.2 Å². The highest BCUT2D eigenvalue weighted by atomic mass is 16.4. The van der Waals surface area contributed by atoms with Crippen LogP contribution in [0.15, 0.2) is 36.5 Å². The zero-order valence-electron chi connectivity index (χ0n) is 18.4. The molecule has 0 spiro atoms. The molecule has 2 N–H and O–H groups in total. The second-order valence-electron chi connectivity index (χ2n) is 7.66. The number of carboxylic acid groups (broad SMARTS) is 1. The van der Waals surface area contributed by atoms with Crippen LogP contribution >= 0.6 is 0 Å². The molecule has 0 unspecified atom stereocenters. The van der Waals surface area contributed by atoms with E-state index in [1.165, 1.54) is 12.3 Å². The van der Waals surface area contributed by atoms with Crippen LogP contribution in [0.5, 0.6) is 0 Å². The third-order valence-corrected chi connectivity index (χ3v) is 5.39. The zero-order chi connectivity index (χ0) is 22.7. The summed E-state index contributed by atoms with van der Waals surface area (Å²) in [5.41, 5.74) is 5.11. The predicted molar refractivity (Wildman–Crippen MR) is 120 cm³/mol. The highest BCUT2D eigenvalue weighted by Crippen LogP contribution is 2.22. The van der Waals surface area contributed by atoms with Crippen molar-refractivity contribution in [1.29, 1.82) is 0 Å². The number of carbonyl (C=O) groups excluding carboxylic acids is 1. The van der Waals surface area contributed by atoms with Crippen LogP contribution in [0.3, 0.4) is 0 Å². The van der Waals surface area contributed by atoms with Crippen molar-refractivity contribution in [3.05, 3.63) is 70.2 Å². The number of anilines is 2. The number of pyridine rings is 1. The zero-order valence-corrected chi connectivity index (χ0v) is 18.4. The van der Waals surface area contributed by atoms with E-state index in [-0.39, 0.29) is 11.5 Å². The molecule has 0 radical (unpaired) electrons. The van der Waals surface area contributed by atoms with Crippen LogP contribution in [0.25, 0.3) is 0 Å². The number of aryl methyl sites for hydroxylation is 3. The minimum atomic E-state index is -1.10. The Morgan fingerprint density at radius 1 is 1.16 bits per heavy atom. The predicted octanol–water partition coefficient (Wildman–Crippen LogP) is 3.37. The Hall–Kier alpha value is -3.68. The molecule has 0 aliphatic heterocycles. The number of rotatable bonds is 7. The quantitative estimate of drug-likeness (QED) is 0.607. The fourth-order valence-electron chi connectivity index (χ4n) is 3.46. The number of benzene rings is 1. The molecule has 1 aromatic carbocycles. The standard InChI is InChI=1S/C23H27N5O3/c1-14-6-8-17(9-7-14)22(29)25-18-12-20(23(30)31)21(24-13-18)27(4)11-10-19-15(2)26-28(5)16(19)3/h6-9,12-13H,10-11H2,1-5H3,(H,25,29)(H,30,31). The second kappa shape index (κ2) is 8.99. The number of aromatic nitrogens is 3. The minimum absolute atomic E-state index is 0.0313. The third-order valence-electron chi connectivity index (χ3n) is 5.39. The van der Waals surface area contributed by atoms with Gasteiger partial charge in [0.15, 0.2) is 0 Å². The average Bonchev–Trinajstić information content (AvgIpc) is 2.97. The lowest BCUT2D eigenvalue weighted by atomic mass is 10.1. The first kappa shape index (κ1) is 22.0. The van der Waals surface area contributed by atoms with Crippen molar-refractivity contribution in [2.75, 3.05) is 23.8 Å². The van der Waals surface area contributed by atoms with Gasteiger partial charge in [0.05, 0.1) is 17.6 Å². The molecule has 1 amide bonds. The van der Waals surface area contributed by atoms with Gasteiger partial charge in [-0.2, -0.15) is 5.10 Å². The summed E-state index contributed by atoms with van der Waals surface area (Å²) in [6.45, 7) is 6.50. The summed E-state index contributed by atoms with van der Waals surface area (Å²) in [6.07, 6.45) is 2.19. The largest absolute Gasteiger partial charge is 0.478 e. The molecule has 0 atom stereocenters. The van der Waals surface area contributed by atoms with Gasteiger partial charge >= 0.3 is 5.97 Å². The summed E-state index contributed by atoms with van der Waals surface area (Å²) in [6, 6.07) is 8.58. The molecule has 162 valence electrons. The van der Waals surface area contributed by atoms with E-state index in [0.29, 0.717) is 30.0 Å². The summed E-state index contributed by atoms with van der Waals surface area (Å²) in [5.74, 6) is -1.07. The Morgan fingerprint density at radius 2 is 1.84 bits per heavy atom. The van der Waals surface area contributed by atoms with E-state index in [2.05, 4.69) is 15.4 Å². The Kier molecular flexibility index (Phi) is 6.39. The molecule has 0 saturated heterocycles. The number of nitrogens with one attached hydrogen (secondary N) is 1. The number of carbonyl (C=O) groups is 2. The van der Waals surface area contributed by atoms with Crippen LogP contribution in [-0.2, 0) is 13.5 Å². The molecule has 0 fully saturated rings. The molecular formula is C23H27N5O3. The van der Waals surface area contributed by atoms with E-state index in [1.807, 2.05) is 44.6 Å². The third kappa shape index (κ3) is 4.91. The Labute approximate surface area is 181 Å². The monoisotopic (exact) mass is 421 g/mol. The van der Waals surface area contributed by atoms with Gasteiger partial charge in [0.1, 0.15) is 11.4 Å². The summed E-state index contributed by atoms with van der Waals surface area (Å²) in [4.78, 5) is 30.4. The van der Waals surface area contributed by atoms with E-state index in [4.69, 9.17) is 0 Å². The van der Waals surface area contributed by atoms with Gasteiger partial charge in [-0.25, -0.2) is 9.78 Å². The maximum atomic E-state index is 12.4. The van der Waals surface area contributed by atoms with Crippen molar-refractivity contribution in [2.45, 2.75) is 27.2 Å². The smallest absolute Gasteiger partial charge is 0.339 e. The van der Waals surface area contributed by atoms with E-state index in [0.717, 1.165) is 22.5 Å². The lowest BCUT2D eigenvalue weighted by Crippen LogP contribution is -2.24. The van der Waals surface area contributed by atoms with Gasteiger partial charge in [-0.05, 0) is 51.0 Å². The highest BCUT2D eigenvalue weighted by Gasteiger charge is 2.18. The SMILES string of the molecule is Cc1ccc(C(=O)Nc2cnc(N(C)CCc3c(C)nn(C)c3C)c(C(=O)O)c2)cc1. The van der Waals surface area contributed by atoms with Crippen LogP contribution in [0.4, 0.5) is 11.5 Å². The molecule has 3 rings (SSSR count). The molecule has 0 saturated carbocycles. The number of hydrogen-bond acceptors (Lipinski definition) is 5. The highest BCUT2D eigenvalue weighted by molar-refractivity contribution is 6.05. The number of carboxylic acids is 1. The number of hydrogen-bond donors (Lipinski definition) is 2. The topological polar surface area (TPSA) is 100 Å². The maximum absolute atomic E-state index is 12.4.